The van der Waals surface area contributed by atoms with Gasteiger partial charge in [0.1, 0.15) is 0 Å². The Morgan fingerprint density at radius 1 is 1.04 bits per heavy atom. The van der Waals surface area contributed by atoms with E-state index in [1.807, 2.05) is 37.3 Å². The summed E-state index contributed by atoms with van der Waals surface area (Å²) in [4.78, 5) is 51.7. The summed E-state index contributed by atoms with van der Waals surface area (Å²) in [5, 5.41) is 45.6. The highest BCUT2D eigenvalue weighted by atomic mass is 16.6. The predicted molar refractivity (Wildman–Crippen MR) is 173 cm³/mol. The molecule has 0 aliphatic carbocycles. The number of piperidine rings is 1. The van der Waals surface area contributed by atoms with Crippen LogP contribution >= 0.6 is 0 Å². The average molecular weight is 642 g/mol. The Morgan fingerprint density at radius 2 is 1.74 bits per heavy atom. The molecule has 0 radical (unpaired) electrons. The molecule has 10 heteroatoms. The molecule has 2 fully saturated rings. The van der Waals surface area contributed by atoms with E-state index in [2.05, 4.69) is 5.32 Å². The molecule has 2 saturated heterocycles. The van der Waals surface area contributed by atoms with Crippen LogP contribution in [0.2, 0.25) is 0 Å². The predicted octanol–water partition coefficient (Wildman–Crippen LogP) is 3.56. The van der Waals surface area contributed by atoms with Gasteiger partial charge in [0.05, 0.1) is 18.3 Å². The molecule has 10 nitrogen and oxygen atoms in total. The van der Waals surface area contributed by atoms with Crippen molar-refractivity contribution < 1.29 is 44.3 Å². The molecule has 0 amide bonds. The van der Waals surface area contributed by atoms with Gasteiger partial charge in [0.2, 0.25) is 11.6 Å². The Bertz CT molecular complexity index is 1260. The van der Waals surface area contributed by atoms with E-state index in [-0.39, 0.29) is 31.1 Å². The number of aliphatic carboxylic acids is 1. The summed E-state index contributed by atoms with van der Waals surface area (Å²) >= 11 is 0. The van der Waals surface area contributed by atoms with E-state index in [0.29, 0.717) is 25.7 Å². The molecule has 1 aromatic carbocycles. The van der Waals surface area contributed by atoms with E-state index in [4.69, 9.17) is 4.74 Å². The Labute approximate surface area is 271 Å². The van der Waals surface area contributed by atoms with Crippen molar-refractivity contribution in [1.82, 2.24) is 5.32 Å². The third kappa shape index (κ3) is 8.66. The number of rotatable bonds is 16. The van der Waals surface area contributed by atoms with Crippen LogP contribution in [0.25, 0.3) is 0 Å². The monoisotopic (exact) mass is 641 g/mol. The average Bonchev–Trinajstić information content (AvgIpc) is 3.06. The summed E-state index contributed by atoms with van der Waals surface area (Å²) in [6.07, 6.45) is 7.59. The number of carbonyl (C=O) groups excluding carboxylic acids is 3. The first-order valence-electron chi connectivity index (χ1n) is 16.5. The van der Waals surface area contributed by atoms with Gasteiger partial charge in [-0.2, -0.15) is 0 Å². The van der Waals surface area contributed by atoms with Crippen LogP contribution in [0.5, 0.6) is 0 Å². The lowest BCUT2D eigenvalue weighted by Crippen LogP contribution is -2.67. The molecule has 9 atom stereocenters. The highest BCUT2D eigenvalue weighted by Crippen LogP contribution is 2.38. The van der Waals surface area contributed by atoms with Gasteiger partial charge in [0, 0.05) is 17.8 Å². The van der Waals surface area contributed by atoms with Crippen LogP contribution in [-0.2, 0) is 30.3 Å². The minimum atomic E-state index is -2.56. The van der Waals surface area contributed by atoms with Crippen molar-refractivity contribution in [3.05, 3.63) is 60.2 Å². The molecular formula is C36H51NO9. The lowest BCUT2D eigenvalue weighted by atomic mass is 9.76. The minimum Gasteiger partial charge on any atom is -0.480 e. The molecule has 0 bridgehead atoms. The highest BCUT2D eigenvalue weighted by molar-refractivity contribution is 6.46. The van der Waals surface area contributed by atoms with Crippen LogP contribution in [-0.4, -0.2) is 79.9 Å². The fraction of sp³-hybridized carbons (Fsp3) is 0.611. The number of ether oxygens (including phenoxy) is 1. The Morgan fingerprint density at radius 3 is 2.35 bits per heavy atom. The second kappa shape index (κ2) is 16.7. The van der Waals surface area contributed by atoms with Crippen LogP contribution in [0.4, 0.5) is 0 Å². The zero-order chi connectivity index (χ0) is 34.1. The first-order chi connectivity index (χ1) is 21.8. The second-order valence-corrected chi connectivity index (χ2v) is 13.0. The summed E-state index contributed by atoms with van der Waals surface area (Å²) in [7, 11) is 0. The molecule has 2 heterocycles. The Balaban J connectivity index is 1.58. The van der Waals surface area contributed by atoms with Crippen LogP contribution in [0.3, 0.4) is 0 Å². The van der Waals surface area contributed by atoms with E-state index in [9.17, 15) is 39.6 Å². The molecule has 0 spiro atoms. The number of aliphatic hydroxyl groups excluding tert-OH is 2. The van der Waals surface area contributed by atoms with Crippen molar-refractivity contribution in [2.24, 2.45) is 23.7 Å². The summed E-state index contributed by atoms with van der Waals surface area (Å²) in [6.45, 7) is 7.08. The minimum absolute atomic E-state index is 0.0687. The largest absolute Gasteiger partial charge is 0.480 e. The number of benzene rings is 1. The van der Waals surface area contributed by atoms with Crippen molar-refractivity contribution in [2.45, 2.75) is 109 Å². The number of aliphatic hydroxyl groups is 3. The van der Waals surface area contributed by atoms with E-state index in [1.54, 1.807) is 39.0 Å². The normalized spacial score (nSPS) is 28.8. The van der Waals surface area contributed by atoms with Gasteiger partial charge < -0.3 is 25.2 Å². The van der Waals surface area contributed by atoms with Crippen molar-refractivity contribution in [3.63, 3.8) is 0 Å². The number of hydrogen-bond donors (Lipinski definition) is 5. The third-order valence-corrected chi connectivity index (χ3v) is 9.89. The van der Waals surface area contributed by atoms with Crippen LogP contribution in [0.15, 0.2) is 54.6 Å². The second-order valence-electron chi connectivity index (χ2n) is 13.0. The molecule has 3 rings (SSSR count). The number of carbonyl (C=O) groups is 4. The smallest absolute Gasteiger partial charge is 0.332 e. The zero-order valence-electron chi connectivity index (χ0n) is 27.4. The quantitative estimate of drug-likeness (QED) is 0.0778. The number of hydrogen-bond acceptors (Lipinski definition) is 9. The van der Waals surface area contributed by atoms with E-state index in [0.717, 1.165) is 18.4 Å². The number of carboxylic acid groups (broad SMARTS) is 1. The molecule has 46 heavy (non-hydrogen) atoms. The molecule has 1 aromatic rings. The molecule has 5 N–H and O–H groups in total. The number of nitrogens with one attached hydrogen (secondary N) is 1. The van der Waals surface area contributed by atoms with Gasteiger partial charge in [0.15, 0.2) is 11.3 Å². The summed E-state index contributed by atoms with van der Waals surface area (Å²) in [6, 6.07) is 9.99. The number of Topliss-reactive ketones (excluding diaryl/α,β-unsaturated/α-hetero) is 2. The van der Waals surface area contributed by atoms with Crippen LogP contribution < -0.4 is 5.32 Å². The maximum absolute atomic E-state index is 13.4. The number of carboxylic acids is 1. The van der Waals surface area contributed by atoms with Gasteiger partial charge in [-0.05, 0) is 69.0 Å². The standard InChI is InChI=1S/C36H51NO9/c1-5-27(22-26-14-8-6-9-15-26)29(39)17-11-7-10-16-28(38)24(3)31(40)25(4)30-19-18-23(2)36(45,46-30)33(42)32(41)35(34(43)44)20-12-13-21-37-35/h6,8-11,14-17,23-25,27,29-31,37,39-40,45H,5,7,12-13,18-22H2,1-4H3,(H,43,44)/b16-10+,17-11+/t23-,24-,25+,27-,29+,30+,31+,35?,36-/m1/s1. The molecule has 2 aliphatic heterocycles. The maximum atomic E-state index is 13.4. The maximum Gasteiger partial charge on any atom is 0.332 e. The van der Waals surface area contributed by atoms with Crippen LogP contribution in [0, 0.1) is 23.7 Å². The van der Waals surface area contributed by atoms with Gasteiger partial charge in [-0.3, -0.25) is 19.7 Å². The topological polar surface area (TPSA) is 170 Å². The summed E-state index contributed by atoms with van der Waals surface area (Å²) in [5.74, 6) is -9.17. The summed E-state index contributed by atoms with van der Waals surface area (Å²) < 4.78 is 5.84. The van der Waals surface area contributed by atoms with E-state index < -0.39 is 64.9 Å². The molecule has 1 unspecified atom stereocenters. The van der Waals surface area contributed by atoms with Crippen molar-refractivity contribution in [1.29, 1.82) is 0 Å². The Hall–Kier alpha value is -3.02. The number of ketones is 3. The SMILES string of the molecule is CC[C@H](Cc1ccccc1)[C@@H](O)/C=C/C/C=C/C(=O)[C@@H](C)[C@H](O)[C@@H](C)[C@@H]1CC[C@@H](C)[C@](O)(C(=O)C(=O)C2(C(=O)O)CCCCN2)O1. The Kier molecular flexibility index (Phi) is 13.6. The first kappa shape index (κ1) is 37.4. The molecule has 0 saturated carbocycles. The molecular weight excluding hydrogens is 590 g/mol. The van der Waals surface area contributed by atoms with E-state index >= 15 is 0 Å². The lowest BCUT2D eigenvalue weighted by Gasteiger charge is -2.44. The number of allylic oxidation sites excluding steroid dienone is 3. The first-order valence-corrected chi connectivity index (χ1v) is 16.5. The van der Waals surface area contributed by atoms with Crippen molar-refractivity contribution in [2.75, 3.05) is 6.54 Å². The van der Waals surface area contributed by atoms with E-state index in [1.165, 1.54) is 6.08 Å². The van der Waals surface area contributed by atoms with Gasteiger partial charge in [0.25, 0.3) is 5.78 Å². The third-order valence-electron chi connectivity index (χ3n) is 9.89. The van der Waals surface area contributed by atoms with Crippen molar-refractivity contribution >= 4 is 23.3 Å². The molecule has 254 valence electrons. The molecule has 0 aromatic heterocycles. The fourth-order valence-electron chi connectivity index (χ4n) is 6.46. The fourth-order valence-corrected chi connectivity index (χ4v) is 6.46. The zero-order valence-corrected chi connectivity index (χ0v) is 27.4. The van der Waals surface area contributed by atoms with Gasteiger partial charge in [-0.25, -0.2) is 4.79 Å². The lowest BCUT2D eigenvalue weighted by molar-refractivity contribution is -0.274. The van der Waals surface area contributed by atoms with Gasteiger partial charge >= 0.3 is 5.97 Å². The van der Waals surface area contributed by atoms with Gasteiger partial charge in [-0.1, -0.05) is 82.7 Å². The van der Waals surface area contributed by atoms with Crippen LogP contribution in [0.1, 0.15) is 78.2 Å². The summed E-state index contributed by atoms with van der Waals surface area (Å²) in [5.41, 5.74) is -0.956. The highest BCUT2D eigenvalue weighted by Gasteiger charge is 2.58. The molecule has 2 aliphatic rings. The van der Waals surface area contributed by atoms with Gasteiger partial charge in [-0.15, -0.1) is 0 Å². The van der Waals surface area contributed by atoms with Crippen molar-refractivity contribution in [3.8, 4) is 0 Å².